The number of ether oxygens (including phenoxy) is 4. The summed E-state index contributed by atoms with van der Waals surface area (Å²) in [6.45, 7) is 10.6. The Morgan fingerprint density at radius 1 is 0.968 bits per heavy atom. The van der Waals surface area contributed by atoms with E-state index in [0.717, 1.165) is 36.6 Å². The van der Waals surface area contributed by atoms with Crippen molar-refractivity contribution < 1.29 is 47.2 Å². The molecule has 3 aromatic carbocycles. The number of nitrogens with zero attached hydrogens (tertiary/aromatic N) is 2. The number of methoxy groups -OCH3 is 1. The van der Waals surface area contributed by atoms with Crippen LogP contribution in [0.5, 0.6) is 11.5 Å². The van der Waals surface area contributed by atoms with Gasteiger partial charge in [-0.25, -0.2) is 9.78 Å². The van der Waals surface area contributed by atoms with Gasteiger partial charge in [0, 0.05) is 42.6 Å². The van der Waals surface area contributed by atoms with E-state index >= 15 is 0 Å². The molecule has 1 aliphatic heterocycles. The molecule has 1 saturated heterocycles. The van der Waals surface area contributed by atoms with Gasteiger partial charge in [0.2, 0.25) is 13.3 Å². The molecular weight excluding hydrogens is 808 g/mol. The summed E-state index contributed by atoms with van der Waals surface area (Å²) < 4.78 is 43.8. The first-order valence-electron chi connectivity index (χ1n) is 21.4. The van der Waals surface area contributed by atoms with Crippen LogP contribution in [0.1, 0.15) is 82.5 Å². The third kappa shape index (κ3) is 9.82. The second-order valence-corrected chi connectivity index (χ2v) is 20.8. The number of fused-ring (bicyclic) bond motifs is 1. The summed E-state index contributed by atoms with van der Waals surface area (Å²) in [6.07, 6.45) is 4.68. The van der Waals surface area contributed by atoms with E-state index in [9.17, 15) is 23.7 Å². The Morgan fingerprint density at radius 3 is 2.31 bits per heavy atom. The molecule has 2 heterocycles. The van der Waals surface area contributed by atoms with E-state index in [1.807, 2.05) is 75.4 Å². The van der Waals surface area contributed by atoms with Crippen molar-refractivity contribution in [1.82, 2.24) is 9.88 Å². The standard InChI is InChI=1S/C49H57N2O10P/c1-7-34-28-49(34,62(6,56)59-31-58-47(55)33-18-12-9-13-19-33)29-43(52)42-25-37(30-51(42)46(54)39(48(2,3)4)26-45(53)61-35-20-14-15-21-35)60-44-27-40(32-16-10-8-11-17-32)50-41-24-36(57-5)22-23-38(41)44/h7-13,16-19,22-24,27,34-35,37,39,42H,1,14-15,20-21,25-26,28-31H2,2-6H3/t34-,37-,39-,42+,49-,62?/m1/s1. The van der Waals surface area contributed by atoms with Gasteiger partial charge < -0.3 is 23.8 Å². The predicted octanol–water partition coefficient (Wildman–Crippen LogP) is 9.44. The topological polar surface area (TPSA) is 148 Å². The number of allylic oxidation sites excluding steroid dienone is 1. The molecule has 0 N–H and O–H groups in total. The second kappa shape index (κ2) is 18.6. The van der Waals surface area contributed by atoms with Gasteiger partial charge in [-0.05, 0) is 67.7 Å². The smallest absolute Gasteiger partial charge is 0.340 e. The van der Waals surface area contributed by atoms with E-state index in [1.165, 1.54) is 6.66 Å². The van der Waals surface area contributed by atoms with E-state index < -0.39 is 54.7 Å². The molecule has 6 atom stereocenters. The molecule has 1 amide bonds. The van der Waals surface area contributed by atoms with E-state index in [1.54, 1.807) is 48.4 Å². The number of amides is 1. The first kappa shape index (κ1) is 44.7. The number of Topliss-reactive ketones (excluding diaryl/α,β-unsaturated/α-hetero) is 1. The maximum atomic E-state index is 15.0. The fourth-order valence-corrected chi connectivity index (χ4v) is 11.2. The Bertz CT molecular complexity index is 2340. The van der Waals surface area contributed by atoms with Crippen LogP contribution in [0.2, 0.25) is 0 Å². The lowest BCUT2D eigenvalue weighted by Crippen LogP contribution is -2.48. The lowest BCUT2D eigenvalue weighted by atomic mass is 9.77. The maximum Gasteiger partial charge on any atom is 0.340 e. The highest BCUT2D eigenvalue weighted by Crippen LogP contribution is 2.73. The molecule has 62 heavy (non-hydrogen) atoms. The number of esters is 2. The van der Waals surface area contributed by atoms with Crippen molar-refractivity contribution in [2.75, 3.05) is 27.1 Å². The molecule has 2 saturated carbocycles. The first-order valence-corrected chi connectivity index (χ1v) is 23.5. The first-order chi connectivity index (χ1) is 29.6. The molecule has 0 bridgehead atoms. The third-order valence-corrected chi connectivity index (χ3v) is 15.6. The van der Waals surface area contributed by atoms with Crippen molar-refractivity contribution in [3.05, 3.63) is 103 Å². The van der Waals surface area contributed by atoms with Gasteiger partial charge in [-0.15, -0.1) is 6.58 Å². The second-order valence-electron chi connectivity index (χ2n) is 17.9. The molecule has 4 aromatic rings. The molecule has 2 aliphatic carbocycles. The molecule has 0 radical (unpaired) electrons. The largest absolute Gasteiger partial charge is 0.497 e. The van der Waals surface area contributed by atoms with Crippen molar-refractivity contribution in [3.8, 4) is 22.8 Å². The molecule has 328 valence electrons. The van der Waals surface area contributed by atoms with Crippen LogP contribution in [0.25, 0.3) is 22.2 Å². The van der Waals surface area contributed by atoms with Gasteiger partial charge in [-0.3, -0.25) is 23.5 Å². The van der Waals surface area contributed by atoms with Crippen LogP contribution in [0, 0.1) is 17.3 Å². The summed E-state index contributed by atoms with van der Waals surface area (Å²) >= 11 is 0. The van der Waals surface area contributed by atoms with E-state index in [-0.39, 0.29) is 49.5 Å². The highest BCUT2D eigenvalue weighted by atomic mass is 31.2. The van der Waals surface area contributed by atoms with Gasteiger partial charge in [0.15, 0.2) is 12.6 Å². The number of benzene rings is 3. The van der Waals surface area contributed by atoms with E-state index in [0.29, 0.717) is 34.7 Å². The number of rotatable bonds is 17. The Balaban J connectivity index is 1.18. The summed E-state index contributed by atoms with van der Waals surface area (Å²) in [5.74, 6) is -1.69. The molecule has 3 aliphatic rings. The predicted molar refractivity (Wildman–Crippen MR) is 236 cm³/mol. The third-order valence-electron chi connectivity index (χ3n) is 12.8. The molecule has 13 heteroatoms. The van der Waals surface area contributed by atoms with Crippen LogP contribution < -0.4 is 9.47 Å². The SMILES string of the molecule is C=C[C@@H]1C[C@]1(CC(=O)[C@@H]1C[C@@H](Oc2cc(-c3ccccc3)nc3cc(OC)ccc23)CN1C(=O)[C@@H](CC(=O)OC1CCCC1)C(C)(C)C)P(C)(=O)OCOC(=O)c1ccccc1. The zero-order chi connectivity index (χ0) is 44.2. The lowest BCUT2D eigenvalue weighted by molar-refractivity contribution is -0.156. The van der Waals surface area contributed by atoms with Gasteiger partial charge in [-0.1, -0.05) is 75.4 Å². The number of carbonyl (C=O) groups excluding carboxylic acids is 4. The summed E-state index contributed by atoms with van der Waals surface area (Å²) in [6, 6.07) is 24.5. The van der Waals surface area contributed by atoms with Crippen LogP contribution in [-0.4, -0.2) is 84.0 Å². The normalized spacial score (nSPS) is 22.7. The maximum absolute atomic E-state index is 15.0. The lowest BCUT2D eigenvalue weighted by Gasteiger charge is -2.35. The van der Waals surface area contributed by atoms with Gasteiger partial charge >= 0.3 is 11.9 Å². The highest BCUT2D eigenvalue weighted by molar-refractivity contribution is 7.60. The quantitative estimate of drug-likeness (QED) is 0.0433. The van der Waals surface area contributed by atoms with Crippen molar-refractivity contribution >= 4 is 41.9 Å². The summed E-state index contributed by atoms with van der Waals surface area (Å²) in [7, 11) is -2.05. The minimum absolute atomic E-state index is 0.0632. The molecule has 1 unspecified atom stereocenters. The number of hydrogen-bond donors (Lipinski definition) is 0. The van der Waals surface area contributed by atoms with Gasteiger partial charge in [0.05, 0.1) is 54.0 Å². The summed E-state index contributed by atoms with van der Waals surface area (Å²) in [4.78, 5) is 62.4. The molecule has 1 aromatic heterocycles. The van der Waals surface area contributed by atoms with Crippen LogP contribution in [-0.2, 0) is 32.9 Å². The fourth-order valence-electron chi connectivity index (χ4n) is 8.96. The van der Waals surface area contributed by atoms with Gasteiger partial charge in [-0.2, -0.15) is 0 Å². The average molecular weight is 865 g/mol. The van der Waals surface area contributed by atoms with Crippen molar-refractivity contribution in [1.29, 1.82) is 0 Å². The van der Waals surface area contributed by atoms with Crippen LogP contribution in [0.4, 0.5) is 0 Å². The van der Waals surface area contributed by atoms with Crippen molar-refractivity contribution in [2.24, 2.45) is 17.3 Å². The molecule has 0 spiro atoms. The zero-order valence-electron chi connectivity index (χ0n) is 36.2. The molecule has 12 nitrogen and oxygen atoms in total. The van der Waals surface area contributed by atoms with Crippen molar-refractivity contribution in [3.63, 3.8) is 0 Å². The Kier molecular flexibility index (Phi) is 13.4. The Hall–Kier alpha value is -5.32. The van der Waals surface area contributed by atoms with E-state index in [2.05, 4.69) is 6.58 Å². The monoisotopic (exact) mass is 864 g/mol. The number of aromatic nitrogens is 1. The molecular formula is C49H57N2O10P. The number of carbonyl (C=O) groups is 4. The van der Waals surface area contributed by atoms with Crippen molar-refractivity contribution in [2.45, 2.75) is 95.5 Å². The summed E-state index contributed by atoms with van der Waals surface area (Å²) in [5, 5.41) is -0.388. The molecule has 3 fully saturated rings. The highest BCUT2D eigenvalue weighted by Gasteiger charge is 2.65. The minimum Gasteiger partial charge on any atom is -0.497 e. The van der Waals surface area contributed by atoms with Gasteiger partial charge in [0.25, 0.3) is 0 Å². The number of ketones is 1. The minimum atomic E-state index is -3.64. The Labute approximate surface area is 363 Å². The number of likely N-dealkylation sites (tertiary alicyclic amines) is 1. The van der Waals surface area contributed by atoms with Crippen LogP contribution in [0.15, 0.2) is 97.6 Å². The summed E-state index contributed by atoms with van der Waals surface area (Å²) in [5.41, 5.74) is 1.85. The zero-order valence-corrected chi connectivity index (χ0v) is 37.1. The molecule has 7 rings (SSSR count). The Morgan fingerprint density at radius 2 is 1.66 bits per heavy atom. The van der Waals surface area contributed by atoms with Crippen LogP contribution in [0.3, 0.4) is 0 Å². The number of hydrogen-bond acceptors (Lipinski definition) is 11. The fraction of sp³-hybridized carbons (Fsp3) is 0.449. The van der Waals surface area contributed by atoms with E-state index in [4.69, 9.17) is 28.5 Å². The van der Waals surface area contributed by atoms with Gasteiger partial charge in [0.1, 0.15) is 23.7 Å². The number of pyridine rings is 1. The average Bonchev–Trinajstić information content (AvgIpc) is 3.51. The van der Waals surface area contributed by atoms with Crippen LogP contribution >= 0.6 is 7.37 Å².